The molecular formula is C17H26N2O4. The van der Waals surface area contributed by atoms with Crippen molar-refractivity contribution >= 4 is 11.6 Å². The van der Waals surface area contributed by atoms with E-state index in [1.807, 2.05) is 0 Å². The van der Waals surface area contributed by atoms with Crippen LogP contribution >= 0.6 is 0 Å². The number of hydrogen-bond acceptors (Lipinski definition) is 5. The average Bonchev–Trinajstić information content (AvgIpc) is 2.82. The van der Waals surface area contributed by atoms with E-state index >= 15 is 0 Å². The third-order valence-electron chi connectivity index (χ3n) is 4.01. The number of likely N-dealkylation sites (tertiary alicyclic amines) is 1. The topological polar surface area (TPSA) is 60.0 Å². The molecule has 0 saturated carbocycles. The van der Waals surface area contributed by atoms with Crippen molar-refractivity contribution in [2.24, 2.45) is 0 Å². The summed E-state index contributed by atoms with van der Waals surface area (Å²) in [5.74, 6) is 1.54. The molecule has 23 heavy (non-hydrogen) atoms. The largest absolute Gasteiger partial charge is 0.493 e. The molecule has 1 amide bonds. The summed E-state index contributed by atoms with van der Waals surface area (Å²) >= 11 is 0. The number of anilines is 1. The number of ether oxygens (including phenoxy) is 3. The molecule has 1 aliphatic heterocycles. The number of hydrogen-bond donors (Lipinski definition) is 1. The van der Waals surface area contributed by atoms with Crippen LogP contribution in [0.3, 0.4) is 0 Å². The Morgan fingerprint density at radius 2 is 1.57 bits per heavy atom. The van der Waals surface area contributed by atoms with Crippen LogP contribution in [-0.2, 0) is 4.79 Å². The normalized spacial score (nSPS) is 15.6. The SMILES string of the molecule is COc1cc(NC(=O)CN2CCCCCC2)cc(OC)c1OC. The fraction of sp³-hybridized carbons (Fsp3) is 0.588. The second-order valence-electron chi connectivity index (χ2n) is 5.65. The van der Waals surface area contributed by atoms with Gasteiger partial charge in [0.2, 0.25) is 11.7 Å². The van der Waals surface area contributed by atoms with Crippen LogP contribution in [0.25, 0.3) is 0 Å². The van der Waals surface area contributed by atoms with Crippen molar-refractivity contribution in [3.63, 3.8) is 0 Å². The van der Waals surface area contributed by atoms with Gasteiger partial charge in [0.1, 0.15) is 0 Å². The molecule has 0 aliphatic carbocycles. The van der Waals surface area contributed by atoms with Gasteiger partial charge in [-0.05, 0) is 25.9 Å². The van der Waals surface area contributed by atoms with Crippen LogP contribution in [0.2, 0.25) is 0 Å². The summed E-state index contributed by atoms with van der Waals surface area (Å²) in [5.41, 5.74) is 0.638. The number of nitrogens with one attached hydrogen (secondary N) is 1. The lowest BCUT2D eigenvalue weighted by atomic mass is 10.2. The van der Waals surface area contributed by atoms with Crippen molar-refractivity contribution in [1.82, 2.24) is 4.90 Å². The van der Waals surface area contributed by atoms with Crippen LogP contribution in [0.15, 0.2) is 12.1 Å². The van der Waals surface area contributed by atoms with Crippen LogP contribution in [-0.4, -0.2) is 51.8 Å². The zero-order valence-corrected chi connectivity index (χ0v) is 14.2. The molecule has 128 valence electrons. The molecule has 1 aliphatic rings. The first-order chi connectivity index (χ1) is 11.2. The Labute approximate surface area is 137 Å². The van der Waals surface area contributed by atoms with Gasteiger partial charge >= 0.3 is 0 Å². The highest BCUT2D eigenvalue weighted by molar-refractivity contribution is 5.93. The van der Waals surface area contributed by atoms with E-state index in [9.17, 15) is 4.79 Å². The first-order valence-electron chi connectivity index (χ1n) is 8.00. The molecule has 0 spiro atoms. The fourth-order valence-electron chi connectivity index (χ4n) is 2.85. The Morgan fingerprint density at radius 3 is 2.04 bits per heavy atom. The van der Waals surface area contributed by atoms with Crippen LogP contribution in [0.5, 0.6) is 17.2 Å². The molecule has 1 N–H and O–H groups in total. The molecule has 1 aromatic rings. The number of rotatable bonds is 6. The summed E-state index contributed by atoms with van der Waals surface area (Å²) in [6.07, 6.45) is 4.84. The number of nitrogens with zero attached hydrogens (tertiary/aromatic N) is 1. The molecular weight excluding hydrogens is 296 g/mol. The summed E-state index contributed by atoms with van der Waals surface area (Å²) in [7, 11) is 4.66. The van der Waals surface area contributed by atoms with Crippen LogP contribution < -0.4 is 19.5 Å². The van der Waals surface area contributed by atoms with Gasteiger partial charge in [-0.2, -0.15) is 0 Å². The van der Waals surface area contributed by atoms with Crippen molar-refractivity contribution in [3.05, 3.63) is 12.1 Å². The summed E-state index contributed by atoms with van der Waals surface area (Å²) in [6, 6.07) is 3.48. The van der Waals surface area contributed by atoms with E-state index in [0.717, 1.165) is 25.9 Å². The Balaban J connectivity index is 2.05. The van der Waals surface area contributed by atoms with Gasteiger partial charge < -0.3 is 19.5 Å². The highest BCUT2D eigenvalue weighted by Crippen LogP contribution is 2.39. The summed E-state index contributed by atoms with van der Waals surface area (Å²) < 4.78 is 15.9. The van der Waals surface area contributed by atoms with Gasteiger partial charge in [-0.25, -0.2) is 0 Å². The van der Waals surface area contributed by atoms with Crippen LogP contribution in [0, 0.1) is 0 Å². The molecule has 0 unspecified atom stereocenters. The standard InChI is InChI=1S/C17H26N2O4/c1-21-14-10-13(11-15(22-2)17(14)23-3)18-16(20)12-19-8-6-4-5-7-9-19/h10-11H,4-9,12H2,1-3H3,(H,18,20). The number of methoxy groups -OCH3 is 3. The minimum Gasteiger partial charge on any atom is -0.493 e. The minimum atomic E-state index is -0.0267. The predicted octanol–water partition coefficient (Wildman–Crippen LogP) is 2.53. The molecule has 0 atom stereocenters. The maximum Gasteiger partial charge on any atom is 0.238 e. The zero-order chi connectivity index (χ0) is 16.7. The third-order valence-corrected chi connectivity index (χ3v) is 4.01. The lowest BCUT2D eigenvalue weighted by Gasteiger charge is -2.19. The molecule has 1 saturated heterocycles. The van der Waals surface area contributed by atoms with Gasteiger partial charge in [0, 0.05) is 17.8 Å². The number of carbonyl (C=O) groups is 1. The second-order valence-corrected chi connectivity index (χ2v) is 5.65. The van der Waals surface area contributed by atoms with Gasteiger partial charge in [-0.1, -0.05) is 12.8 Å². The maximum atomic E-state index is 12.3. The molecule has 0 bridgehead atoms. The van der Waals surface area contributed by atoms with Gasteiger partial charge in [0.05, 0.1) is 27.9 Å². The lowest BCUT2D eigenvalue weighted by molar-refractivity contribution is -0.117. The minimum absolute atomic E-state index is 0.0267. The van der Waals surface area contributed by atoms with E-state index in [1.165, 1.54) is 12.8 Å². The summed E-state index contributed by atoms with van der Waals surface area (Å²) in [5, 5.41) is 2.91. The van der Waals surface area contributed by atoms with Gasteiger partial charge in [-0.15, -0.1) is 0 Å². The Hall–Kier alpha value is -1.95. The monoisotopic (exact) mass is 322 g/mol. The highest BCUT2D eigenvalue weighted by Gasteiger charge is 2.16. The van der Waals surface area contributed by atoms with Crippen molar-refractivity contribution < 1.29 is 19.0 Å². The lowest BCUT2D eigenvalue weighted by Crippen LogP contribution is -2.33. The quantitative estimate of drug-likeness (QED) is 0.872. The zero-order valence-electron chi connectivity index (χ0n) is 14.2. The van der Waals surface area contributed by atoms with Crippen molar-refractivity contribution in [3.8, 4) is 17.2 Å². The molecule has 2 rings (SSSR count). The predicted molar refractivity (Wildman–Crippen MR) is 89.6 cm³/mol. The number of benzene rings is 1. The smallest absolute Gasteiger partial charge is 0.238 e. The van der Waals surface area contributed by atoms with E-state index in [-0.39, 0.29) is 5.91 Å². The molecule has 0 aromatic heterocycles. The fourth-order valence-corrected chi connectivity index (χ4v) is 2.85. The third kappa shape index (κ3) is 4.76. The maximum absolute atomic E-state index is 12.3. The molecule has 1 fully saturated rings. The highest BCUT2D eigenvalue weighted by atomic mass is 16.5. The Morgan fingerprint density at radius 1 is 1.00 bits per heavy atom. The average molecular weight is 322 g/mol. The van der Waals surface area contributed by atoms with Gasteiger partial charge in [0.25, 0.3) is 0 Å². The molecule has 1 aromatic carbocycles. The summed E-state index contributed by atoms with van der Waals surface area (Å²) in [4.78, 5) is 14.5. The van der Waals surface area contributed by atoms with Crippen LogP contribution in [0.4, 0.5) is 5.69 Å². The first kappa shape index (κ1) is 17.4. The molecule has 6 nitrogen and oxygen atoms in total. The molecule has 1 heterocycles. The van der Waals surface area contributed by atoms with E-state index in [1.54, 1.807) is 33.5 Å². The van der Waals surface area contributed by atoms with Crippen molar-refractivity contribution in [1.29, 1.82) is 0 Å². The van der Waals surface area contributed by atoms with Crippen molar-refractivity contribution in [2.45, 2.75) is 25.7 Å². The number of carbonyl (C=O) groups excluding carboxylic acids is 1. The van der Waals surface area contributed by atoms with E-state index in [0.29, 0.717) is 29.5 Å². The van der Waals surface area contributed by atoms with Gasteiger partial charge in [0.15, 0.2) is 11.5 Å². The van der Waals surface area contributed by atoms with E-state index in [4.69, 9.17) is 14.2 Å². The second kappa shape index (κ2) is 8.62. The van der Waals surface area contributed by atoms with Crippen molar-refractivity contribution in [2.75, 3.05) is 46.3 Å². The molecule has 6 heteroatoms. The van der Waals surface area contributed by atoms with E-state index in [2.05, 4.69) is 10.2 Å². The molecule has 0 radical (unpaired) electrons. The first-order valence-corrected chi connectivity index (χ1v) is 8.00. The van der Waals surface area contributed by atoms with Gasteiger partial charge in [-0.3, -0.25) is 9.69 Å². The Bertz CT molecular complexity index is 500. The van der Waals surface area contributed by atoms with Crippen LogP contribution in [0.1, 0.15) is 25.7 Å². The summed E-state index contributed by atoms with van der Waals surface area (Å²) in [6.45, 7) is 2.39. The Kier molecular flexibility index (Phi) is 6.52. The number of amides is 1. The van der Waals surface area contributed by atoms with E-state index < -0.39 is 0 Å².